The molecule has 0 unspecified atom stereocenters. The number of nitrogens with two attached hydrogens (primary N) is 1. The predicted molar refractivity (Wildman–Crippen MR) is 65.7 cm³/mol. The smallest absolute Gasteiger partial charge is 0.338 e. The van der Waals surface area contributed by atoms with Gasteiger partial charge in [0.2, 0.25) is 0 Å². The molecule has 0 amide bonds. The van der Waals surface area contributed by atoms with Gasteiger partial charge in [-0.15, -0.1) is 0 Å². The van der Waals surface area contributed by atoms with Gasteiger partial charge >= 0.3 is 5.97 Å². The summed E-state index contributed by atoms with van der Waals surface area (Å²) >= 11 is 0. The number of carbonyl (C=O) groups excluding carboxylic acids is 1. The number of esters is 1. The Morgan fingerprint density at radius 3 is 2.94 bits per heavy atom. The van der Waals surface area contributed by atoms with Crippen LogP contribution in [-0.2, 0) is 16.1 Å². The Hall–Kier alpha value is -1.39. The van der Waals surface area contributed by atoms with E-state index in [1.807, 2.05) is 12.1 Å². The molecule has 4 heteroatoms. The maximum absolute atomic E-state index is 11.5. The average molecular weight is 237 g/mol. The van der Waals surface area contributed by atoms with Gasteiger partial charge in [-0.2, -0.15) is 0 Å². The first-order valence-electron chi connectivity index (χ1n) is 5.81. The van der Waals surface area contributed by atoms with E-state index in [9.17, 15) is 4.79 Å². The largest absolute Gasteiger partial charge is 0.462 e. The van der Waals surface area contributed by atoms with E-state index in [4.69, 9.17) is 15.2 Å². The lowest BCUT2D eigenvalue weighted by atomic mass is 10.1. The maximum atomic E-state index is 11.5. The van der Waals surface area contributed by atoms with Crippen LogP contribution in [0.3, 0.4) is 0 Å². The lowest BCUT2D eigenvalue weighted by Gasteiger charge is -2.06. The fourth-order valence-corrected chi connectivity index (χ4v) is 1.38. The van der Waals surface area contributed by atoms with Crippen LogP contribution in [0.5, 0.6) is 0 Å². The highest BCUT2D eigenvalue weighted by atomic mass is 16.5. The van der Waals surface area contributed by atoms with Crippen molar-refractivity contribution in [2.24, 2.45) is 5.73 Å². The van der Waals surface area contributed by atoms with Gasteiger partial charge in [0.15, 0.2) is 0 Å². The molecular weight excluding hydrogens is 218 g/mol. The van der Waals surface area contributed by atoms with E-state index in [2.05, 4.69) is 0 Å². The molecule has 0 saturated heterocycles. The molecule has 0 heterocycles. The minimum atomic E-state index is -0.295. The van der Waals surface area contributed by atoms with Gasteiger partial charge in [0, 0.05) is 6.61 Å². The normalized spacial score (nSPS) is 10.2. The lowest BCUT2D eigenvalue weighted by molar-refractivity contribution is 0.0526. The molecule has 1 rings (SSSR count). The van der Waals surface area contributed by atoms with Crippen molar-refractivity contribution in [3.63, 3.8) is 0 Å². The van der Waals surface area contributed by atoms with Gasteiger partial charge < -0.3 is 15.2 Å². The van der Waals surface area contributed by atoms with Crippen LogP contribution in [0.4, 0.5) is 0 Å². The van der Waals surface area contributed by atoms with Crippen LogP contribution in [0.2, 0.25) is 0 Å². The highest BCUT2D eigenvalue weighted by Gasteiger charge is 2.06. The van der Waals surface area contributed by atoms with E-state index in [-0.39, 0.29) is 5.97 Å². The third kappa shape index (κ3) is 4.97. The Morgan fingerprint density at radius 2 is 2.24 bits per heavy atom. The summed E-state index contributed by atoms with van der Waals surface area (Å²) in [5, 5.41) is 0. The second kappa shape index (κ2) is 7.81. The summed E-state index contributed by atoms with van der Waals surface area (Å²) in [4.78, 5) is 11.5. The van der Waals surface area contributed by atoms with E-state index in [0.29, 0.717) is 31.9 Å². The van der Waals surface area contributed by atoms with Gasteiger partial charge in [-0.1, -0.05) is 12.1 Å². The Balaban J connectivity index is 2.50. The van der Waals surface area contributed by atoms with Gasteiger partial charge in [0.1, 0.15) is 0 Å². The Morgan fingerprint density at radius 1 is 1.41 bits per heavy atom. The molecule has 4 nitrogen and oxygen atoms in total. The van der Waals surface area contributed by atoms with E-state index in [1.54, 1.807) is 19.1 Å². The monoisotopic (exact) mass is 237 g/mol. The summed E-state index contributed by atoms with van der Waals surface area (Å²) in [6, 6.07) is 7.28. The van der Waals surface area contributed by atoms with E-state index in [0.717, 1.165) is 12.0 Å². The molecule has 0 aromatic heterocycles. The average Bonchev–Trinajstić information content (AvgIpc) is 2.35. The molecule has 0 spiro atoms. The second-order valence-corrected chi connectivity index (χ2v) is 3.62. The van der Waals surface area contributed by atoms with Crippen LogP contribution in [0.1, 0.15) is 29.3 Å². The van der Waals surface area contributed by atoms with Crippen LogP contribution in [0.25, 0.3) is 0 Å². The zero-order chi connectivity index (χ0) is 12.5. The van der Waals surface area contributed by atoms with Crippen LogP contribution in [0, 0.1) is 0 Å². The molecule has 0 aliphatic heterocycles. The molecule has 0 bridgehead atoms. The van der Waals surface area contributed by atoms with Gasteiger partial charge in [-0.05, 0) is 37.6 Å². The first kappa shape index (κ1) is 13.7. The molecule has 0 aliphatic rings. The summed E-state index contributed by atoms with van der Waals surface area (Å²) in [5.41, 5.74) is 6.89. The number of rotatable bonds is 7. The molecule has 0 atom stereocenters. The number of hydrogen-bond acceptors (Lipinski definition) is 4. The minimum Gasteiger partial charge on any atom is -0.462 e. The number of hydrogen-bond donors (Lipinski definition) is 1. The molecule has 1 aromatic carbocycles. The summed E-state index contributed by atoms with van der Waals surface area (Å²) < 4.78 is 10.4. The minimum absolute atomic E-state index is 0.295. The second-order valence-electron chi connectivity index (χ2n) is 3.62. The Labute approximate surface area is 102 Å². The van der Waals surface area contributed by atoms with Crippen molar-refractivity contribution in [3.05, 3.63) is 35.4 Å². The first-order valence-corrected chi connectivity index (χ1v) is 5.81. The number of benzene rings is 1. The molecule has 0 radical (unpaired) electrons. The van der Waals surface area contributed by atoms with Crippen molar-refractivity contribution in [2.75, 3.05) is 19.8 Å². The van der Waals surface area contributed by atoms with Crippen molar-refractivity contribution in [3.8, 4) is 0 Å². The molecule has 94 valence electrons. The third-order valence-corrected chi connectivity index (χ3v) is 2.20. The SMILES string of the molecule is CCOC(=O)c1cccc(COCCCN)c1. The topological polar surface area (TPSA) is 61.5 Å². The van der Waals surface area contributed by atoms with Crippen LogP contribution in [-0.4, -0.2) is 25.7 Å². The van der Waals surface area contributed by atoms with Gasteiger partial charge in [0.05, 0.1) is 18.8 Å². The van der Waals surface area contributed by atoms with Crippen LogP contribution < -0.4 is 5.73 Å². The van der Waals surface area contributed by atoms with Crippen LogP contribution in [0.15, 0.2) is 24.3 Å². The zero-order valence-electron chi connectivity index (χ0n) is 10.1. The number of carbonyl (C=O) groups is 1. The third-order valence-electron chi connectivity index (χ3n) is 2.20. The summed E-state index contributed by atoms with van der Waals surface area (Å²) in [6.45, 7) is 3.93. The van der Waals surface area contributed by atoms with E-state index < -0.39 is 0 Å². The van der Waals surface area contributed by atoms with Crippen molar-refractivity contribution in [2.45, 2.75) is 20.0 Å². The number of ether oxygens (including phenoxy) is 2. The van der Waals surface area contributed by atoms with Crippen molar-refractivity contribution in [1.29, 1.82) is 0 Å². The van der Waals surface area contributed by atoms with Crippen molar-refractivity contribution in [1.82, 2.24) is 0 Å². The molecule has 0 fully saturated rings. The fourth-order valence-electron chi connectivity index (χ4n) is 1.38. The quantitative estimate of drug-likeness (QED) is 0.579. The highest BCUT2D eigenvalue weighted by Crippen LogP contribution is 2.08. The van der Waals surface area contributed by atoms with Gasteiger partial charge in [0.25, 0.3) is 0 Å². The molecule has 1 aromatic rings. The lowest BCUT2D eigenvalue weighted by Crippen LogP contribution is -2.06. The summed E-state index contributed by atoms with van der Waals surface area (Å²) in [6.07, 6.45) is 0.845. The van der Waals surface area contributed by atoms with Crippen molar-refractivity contribution < 1.29 is 14.3 Å². The maximum Gasteiger partial charge on any atom is 0.338 e. The molecule has 17 heavy (non-hydrogen) atoms. The van der Waals surface area contributed by atoms with Gasteiger partial charge in [-0.3, -0.25) is 0 Å². The highest BCUT2D eigenvalue weighted by molar-refractivity contribution is 5.89. The first-order chi connectivity index (χ1) is 8.27. The molecule has 0 aliphatic carbocycles. The molecule has 2 N–H and O–H groups in total. The molecule has 0 saturated carbocycles. The van der Waals surface area contributed by atoms with E-state index in [1.165, 1.54) is 0 Å². The Bertz CT molecular complexity index is 352. The fraction of sp³-hybridized carbons (Fsp3) is 0.462. The Kier molecular flexibility index (Phi) is 6.29. The summed E-state index contributed by atoms with van der Waals surface area (Å²) in [5.74, 6) is -0.295. The van der Waals surface area contributed by atoms with Crippen LogP contribution >= 0.6 is 0 Å². The predicted octanol–water partition coefficient (Wildman–Crippen LogP) is 1.73. The van der Waals surface area contributed by atoms with E-state index >= 15 is 0 Å². The van der Waals surface area contributed by atoms with Crippen molar-refractivity contribution >= 4 is 5.97 Å². The molecular formula is C13H19NO3. The van der Waals surface area contributed by atoms with Gasteiger partial charge in [-0.25, -0.2) is 4.79 Å². The summed E-state index contributed by atoms with van der Waals surface area (Å²) in [7, 11) is 0. The standard InChI is InChI=1S/C13H19NO3/c1-2-17-13(15)12-6-3-5-11(9-12)10-16-8-4-7-14/h3,5-6,9H,2,4,7-8,10,14H2,1H3. The zero-order valence-corrected chi connectivity index (χ0v) is 10.1.